The van der Waals surface area contributed by atoms with Gasteiger partial charge in [-0.3, -0.25) is 4.79 Å². The van der Waals surface area contributed by atoms with Crippen LogP contribution in [0.15, 0.2) is 0 Å². The molecule has 0 radical (unpaired) electrons. The number of carbonyl (C=O) groups excluding carboxylic acids is 1. The first-order valence-corrected chi connectivity index (χ1v) is 4.32. The number of thioether (sulfide) groups is 1. The van der Waals surface area contributed by atoms with Gasteiger partial charge in [0.15, 0.2) is 5.12 Å². The molecule has 2 heteroatoms. The summed E-state index contributed by atoms with van der Waals surface area (Å²) in [5.74, 6) is 0.319. The van der Waals surface area contributed by atoms with Gasteiger partial charge >= 0.3 is 0 Å². The van der Waals surface area contributed by atoms with Gasteiger partial charge in [0.25, 0.3) is 0 Å². The van der Waals surface area contributed by atoms with Crippen LogP contribution in [0.2, 0.25) is 0 Å². The minimum absolute atomic E-state index is 0.319. The summed E-state index contributed by atoms with van der Waals surface area (Å²) in [5.41, 5.74) is 0. The van der Waals surface area contributed by atoms with Crippen molar-refractivity contribution in [3.63, 3.8) is 0 Å². The van der Waals surface area contributed by atoms with Gasteiger partial charge in [-0.15, -0.1) is 0 Å². The Kier molecular flexibility index (Phi) is 2.17. The summed E-state index contributed by atoms with van der Waals surface area (Å²) in [5, 5.41) is 1.01. The second-order valence-corrected chi connectivity index (χ2v) is 3.91. The summed E-state index contributed by atoms with van der Waals surface area (Å²) >= 11 is 1.53. The van der Waals surface area contributed by atoms with Crippen LogP contribution >= 0.6 is 11.8 Å². The molecule has 0 N–H and O–H groups in total. The zero-order valence-corrected chi connectivity index (χ0v) is 6.70. The molecular weight excluding hydrogens is 132 g/mol. The van der Waals surface area contributed by atoms with E-state index in [2.05, 4.69) is 6.92 Å². The Balaban J connectivity index is 2.44. The van der Waals surface area contributed by atoms with E-state index in [0.717, 1.165) is 12.8 Å². The maximum absolute atomic E-state index is 10.9. The third kappa shape index (κ3) is 1.48. The predicted molar refractivity (Wildman–Crippen MR) is 40.5 cm³/mol. The quantitative estimate of drug-likeness (QED) is 0.560. The van der Waals surface area contributed by atoms with E-state index in [1.165, 1.54) is 11.8 Å². The van der Waals surface area contributed by atoms with E-state index in [1.807, 2.05) is 6.92 Å². The first-order valence-electron chi connectivity index (χ1n) is 3.44. The highest BCUT2D eigenvalue weighted by Gasteiger charge is 2.28. The van der Waals surface area contributed by atoms with Crippen molar-refractivity contribution in [2.75, 3.05) is 0 Å². The molecule has 0 aromatic rings. The maximum atomic E-state index is 10.9. The fourth-order valence-electron chi connectivity index (χ4n) is 1.07. The average molecular weight is 144 g/mol. The van der Waals surface area contributed by atoms with Gasteiger partial charge in [0.05, 0.1) is 0 Å². The van der Waals surface area contributed by atoms with Crippen molar-refractivity contribution in [2.24, 2.45) is 5.92 Å². The highest BCUT2D eigenvalue weighted by atomic mass is 32.2. The smallest absolute Gasteiger partial charge is 0.192 e. The van der Waals surface area contributed by atoms with Gasteiger partial charge in [-0.1, -0.05) is 25.6 Å². The van der Waals surface area contributed by atoms with E-state index in [1.54, 1.807) is 0 Å². The summed E-state index contributed by atoms with van der Waals surface area (Å²) in [6, 6.07) is 0. The average Bonchev–Trinajstić information content (AvgIpc) is 2.13. The lowest BCUT2D eigenvalue weighted by Gasteiger charge is -1.99. The lowest BCUT2D eigenvalue weighted by Crippen LogP contribution is -1.97. The molecule has 1 heterocycles. The summed E-state index contributed by atoms with van der Waals surface area (Å²) in [6.45, 7) is 4.16. The fourth-order valence-corrected chi connectivity index (χ4v) is 2.28. The fraction of sp³-hybridized carbons (Fsp3) is 0.857. The molecule has 0 amide bonds. The normalized spacial score (nSPS) is 35.6. The molecule has 1 saturated heterocycles. The van der Waals surface area contributed by atoms with Crippen molar-refractivity contribution >= 4 is 16.9 Å². The molecule has 0 saturated carbocycles. The highest BCUT2D eigenvalue weighted by Crippen LogP contribution is 2.34. The van der Waals surface area contributed by atoms with Crippen LogP contribution in [-0.4, -0.2) is 10.4 Å². The van der Waals surface area contributed by atoms with Crippen LogP contribution in [0.5, 0.6) is 0 Å². The standard InChI is InChI=1S/C7H12OS/c1-3-6-4-5(2)7(8)9-6/h5-6H,3-4H2,1-2H3. The first kappa shape index (κ1) is 7.13. The molecule has 1 aliphatic heterocycles. The van der Waals surface area contributed by atoms with E-state index in [-0.39, 0.29) is 0 Å². The second-order valence-electron chi connectivity index (χ2n) is 2.60. The summed E-state index contributed by atoms with van der Waals surface area (Å²) < 4.78 is 0. The van der Waals surface area contributed by atoms with Gasteiger partial charge in [-0.05, 0) is 12.8 Å². The molecular formula is C7H12OS. The third-order valence-electron chi connectivity index (χ3n) is 1.76. The second kappa shape index (κ2) is 2.74. The zero-order valence-electron chi connectivity index (χ0n) is 5.89. The molecule has 2 unspecified atom stereocenters. The number of rotatable bonds is 1. The van der Waals surface area contributed by atoms with Crippen LogP contribution in [0.25, 0.3) is 0 Å². The number of carbonyl (C=O) groups is 1. The van der Waals surface area contributed by atoms with Crippen molar-refractivity contribution < 1.29 is 4.79 Å². The van der Waals surface area contributed by atoms with E-state index < -0.39 is 0 Å². The molecule has 0 bridgehead atoms. The van der Waals surface area contributed by atoms with E-state index in [4.69, 9.17) is 0 Å². The van der Waals surface area contributed by atoms with Gasteiger partial charge in [0.1, 0.15) is 0 Å². The lowest BCUT2D eigenvalue weighted by molar-refractivity contribution is -0.113. The molecule has 0 spiro atoms. The zero-order chi connectivity index (χ0) is 6.85. The molecule has 52 valence electrons. The van der Waals surface area contributed by atoms with Crippen molar-refractivity contribution in [2.45, 2.75) is 31.9 Å². The molecule has 0 aromatic carbocycles. The van der Waals surface area contributed by atoms with Gasteiger partial charge in [0, 0.05) is 11.2 Å². The van der Waals surface area contributed by atoms with Gasteiger partial charge in [0.2, 0.25) is 0 Å². The first-order chi connectivity index (χ1) is 4.24. The topological polar surface area (TPSA) is 17.1 Å². The minimum Gasteiger partial charge on any atom is -0.287 e. The third-order valence-corrected chi connectivity index (χ3v) is 3.25. The van der Waals surface area contributed by atoms with Crippen molar-refractivity contribution in [1.29, 1.82) is 0 Å². The minimum atomic E-state index is 0.319. The molecule has 1 fully saturated rings. The SMILES string of the molecule is CCC1CC(C)C(=O)S1. The van der Waals surface area contributed by atoms with Crippen LogP contribution in [0.1, 0.15) is 26.7 Å². The molecule has 1 aliphatic rings. The van der Waals surface area contributed by atoms with Crippen molar-refractivity contribution in [3.05, 3.63) is 0 Å². The van der Waals surface area contributed by atoms with E-state index in [0.29, 0.717) is 16.3 Å². The number of hydrogen-bond acceptors (Lipinski definition) is 2. The van der Waals surface area contributed by atoms with Gasteiger partial charge < -0.3 is 0 Å². The monoisotopic (exact) mass is 144 g/mol. The van der Waals surface area contributed by atoms with Crippen LogP contribution in [0.3, 0.4) is 0 Å². The molecule has 0 aromatic heterocycles. The van der Waals surface area contributed by atoms with E-state index >= 15 is 0 Å². The Morgan fingerprint density at radius 3 is 2.67 bits per heavy atom. The van der Waals surface area contributed by atoms with E-state index in [9.17, 15) is 4.79 Å². The Bertz CT molecular complexity index is 122. The highest BCUT2D eigenvalue weighted by molar-refractivity contribution is 8.14. The van der Waals surface area contributed by atoms with Crippen LogP contribution in [0.4, 0.5) is 0 Å². The van der Waals surface area contributed by atoms with Crippen molar-refractivity contribution in [3.8, 4) is 0 Å². The Hall–Kier alpha value is 0.0200. The van der Waals surface area contributed by atoms with Gasteiger partial charge in [-0.25, -0.2) is 0 Å². The Labute approximate surface area is 60.2 Å². The molecule has 1 rings (SSSR count). The maximum Gasteiger partial charge on any atom is 0.192 e. The molecule has 2 atom stereocenters. The molecule has 0 aliphatic carbocycles. The molecule has 9 heavy (non-hydrogen) atoms. The van der Waals surface area contributed by atoms with Gasteiger partial charge in [-0.2, -0.15) is 0 Å². The van der Waals surface area contributed by atoms with Crippen LogP contribution < -0.4 is 0 Å². The Morgan fingerprint density at radius 1 is 1.78 bits per heavy atom. The molecule has 1 nitrogen and oxygen atoms in total. The van der Waals surface area contributed by atoms with Crippen molar-refractivity contribution in [1.82, 2.24) is 0 Å². The summed E-state index contributed by atoms with van der Waals surface area (Å²) in [4.78, 5) is 10.9. The van der Waals surface area contributed by atoms with Crippen LogP contribution in [0, 0.1) is 5.92 Å². The Morgan fingerprint density at radius 2 is 2.44 bits per heavy atom. The lowest BCUT2D eigenvalue weighted by atomic mass is 10.1. The number of hydrogen-bond donors (Lipinski definition) is 0. The predicted octanol–water partition coefficient (Wildman–Crippen LogP) is 2.06. The largest absolute Gasteiger partial charge is 0.287 e. The van der Waals surface area contributed by atoms with Crippen LogP contribution in [-0.2, 0) is 4.79 Å². The summed E-state index contributed by atoms with van der Waals surface area (Å²) in [6.07, 6.45) is 2.24. The summed E-state index contributed by atoms with van der Waals surface area (Å²) in [7, 11) is 0.